The molecule has 1 amide bonds. The van der Waals surface area contributed by atoms with Crippen molar-refractivity contribution >= 4 is 29.1 Å². The Kier molecular flexibility index (Phi) is 4.57. The summed E-state index contributed by atoms with van der Waals surface area (Å²) in [6, 6.07) is 7.68. The van der Waals surface area contributed by atoms with Gasteiger partial charge in [-0.2, -0.15) is 5.26 Å². The van der Waals surface area contributed by atoms with Crippen molar-refractivity contribution in [2.45, 2.75) is 37.6 Å². The maximum atomic E-state index is 12.2. The first-order valence-electron chi connectivity index (χ1n) is 6.61. The number of amides is 1. The summed E-state index contributed by atoms with van der Waals surface area (Å²) in [6.45, 7) is 0. The average molecular weight is 311 g/mol. The van der Waals surface area contributed by atoms with Crippen molar-refractivity contribution < 1.29 is 4.79 Å². The molecule has 3 nitrogen and oxygen atoms in total. The lowest BCUT2D eigenvalue weighted by Gasteiger charge is -2.43. The van der Waals surface area contributed by atoms with Gasteiger partial charge in [0.25, 0.3) is 0 Å². The summed E-state index contributed by atoms with van der Waals surface area (Å²) in [6.07, 6.45) is 3.41. The lowest BCUT2D eigenvalue weighted by molar-refractivity contribution is -0.136. The van der Waals surface area contributed by atoms with E-state index >= 15 is 0 Å². The molecule has 1 aliphatic carbocycles. The fourth-order valence-electron chi connectivity index (χ4n) is 2.42. The van der Waals surface area contributed by atoms with Crippen molar-refractivity contribution in [2.75, 3.05) is 7.05 Å². The van der Waals surface area contributed by atoms with Crippen molar-refractivity contribution in [1.29, 1.82) is 5.26 Å². The fourth-order valence-corrected chi connectivity index (χ4v) is 2.84. The molecule has 1 aliphatic rings. The molecule has 20 heavy (non-hydrogen) atoms. The second-order valence-corrected chi connectivity index (χ2v) is 5.95. The van der Waals surface area contributed by atoms with E-state index < -0.39 is 5.54 Å². The van der Waals surface area contributed by atoms with E-state index in [1.165, 1.54) is 0 Å². The van der Waals surface area contributed by atoms with Crippen LogP contribution in [0.2, 0.25) is 10.0 Å². The molecule has 1 aromatic carbocycles. The van der Waals surface area contributed by atoms with Crippen LogP contribution in [0.25, 0.3) is 0 Å². The van der Waals surface area contributed by atoms with Crippen molar-refractivity contribution in [3.8, 4) is 6.07 Å². The third kappa shape index (κ3) is 2.77. The average Bonchev–Trinajstić information content (AvgIpc) is 2.39. The molecular weight excluding hydrogens is 295 g/mol. The minimum Gasteiger partial charge on any atom is -0.327 e. The number of benzene rings is 1. The van der Waals surface area contributed by atoms with E-state index in [-0.39, 0.29) is 5.91 Å². The molecule has 1 fully saturated rings. The summed E-state index contributed by atoms with van der Waals surface area (Å²) in [5, 5.41) is 10.2. The van der Waals surface area contributed by atoms with Crippen molar-refractivity contribution in [2.24, 2.45) is 0 Å². The molecule has 0 aromatic heterocycles. The molecule has 0 saturated heterocycles. The molecule has 0 spiro atoms. The van der Waals surface area contributed by atoms with Crippen LogP contribution in [0.5, 0.6) is 0 Å². The summed E-state index contributed by atoms with van der Waals surface area (Å²) in [4.78, 5) is 13.8. The smallest absolute Gasteiger partial charge is 0.223 e. The molecule has 0 unspecified atom stereocenters. The third-order valence-corrected chi connectivity index (χ3v) is 4.90. The highest BCUT2D eigenvalue weighted by Gasteiger charge is 2.43. The van der Waals surface area contributed by atoms with Gasteiger partial charge in [-0.05, 0) is 37.3 Å². The number of rotatable bonds is 4. The Bertz CT molecular complexity index is 561. The van der Waals surface area contributed by atoms with Gasteiger partial charge in [-0.3, -0.25) is 4.79 Å². The Morgan fingerprint density at radius 3 is 2.70 bits per heavy atom. The summed E-state index contributed by atoms with van der Waals surface area (Å²) in [5.74, 6) is -0.0257. The minimum atomic E-state index is -0.588. The highest BCUT2D eigenvalue weighted by atomic mass is 35.5. The number of aryl methyl sites for hydroxylation is 1. The van der Waals surface area contributed by atoms with E-state index in [1.54, 1.807) is 18.0 Å². The third-order valence-electron chi connectivity index (χ3n) is 4.04. The van der Waals surface area contributed by atoms with E-state index in [0.29, 0.717) is 22.9 Å². The maximum absolute atomic E-state index is 12.2. The first kappa shape index (κ1) is 15.2. The van der Waals surface area contributed by atoms with Gasteiger partial charge >= 0.3 is 0 Å². The van der Waals surface area contributed by atoms with Crippen LogP contribution in [0.1, 0.15) is 31.2 Å². The van der Waals surface area contributed by atoms with Crippen LogP contribution < -0.4 is 0 Å². The summed E-state index contributed by atoms with van der Waals surface area (Å²) < 4.78 is 0. The quantitative estimate of drug-likeness (QED) is 0.848. The van der Waals surface area contributed by atoms with Gasteiger partial charge in [0.2, 0.25) is 5.91 Å². The van der Waals surface area contributed by atoms with E-state index in [9.17, 15) is 10.1 Å². The number of hydrogen-bond donors (Lipinski definition) is 0. The van der Waals surface area contributed by atoms with Crippen LogP contribution in [0.15, 0.2) is 18.2 Å². The summed E-state index contributed by atoms with van der Waals surface area (Å²) in [5.41, 5.74) is 0.274. The highest BCUT2D eigenvalue weighted by Crippen LogP contribution is 2.36. The van der Waals surface area contributed by atoms with Gasteiger partial charge in [0.1, 0.15) is 5.54 Å². The Morgan fingerprint density at radius 1 is 1.45 bits per heavy atom. The standard InChI is InChI=1S/C15H16Cl2N2O/c1-19(15(10-18)8-3-9-15)13(20)7-6-11-4-2-5-12(16)14(11)17/h2,4-5H,3,6-9H2,1H3. The van der Waals surface area contributed by atoms with Crippen molar-refractivity contribution in [3.63, 3.8) is 0 Å². The number of carbonyl (C=O) groups is 1. The molecule has 2 rings (SSSR count). The van der Waals surface area contributed by atoms with E-state index in [1.807, 2.05) is 12.1 Å². The van der Waals surface area contributed by atoms with Gasteiger partial charge in [0, 0.05) is 13.5 Å². The Balaban J connectivity index is 1.99. The normalized spacial score (nSPS) is 16.1. The lowest BCUT2D eigenvalue weighted by atomic mass is 9.76. The number of nitrogens with zero attached hydrogens (tertiary/aromatic N) is 2. The van der Waals surface area contributed by atoms with Crippen LogP contribution in [-0.4, -0.2) is 23.4 Å². The predicted molar refractivity (Wildman–Crippen MR) is 79.7 cm³/mol. The zero-order valence-electron chi connectivity index (χ0n) is 11.3. The maximum Gasteiger partial charge on any atom is 0.223 e. The van der Waals surface area contributed by atoms with Crippen LogP contribution in [0.3, 0.4) is 0 Å². The molecule has 1 saturated carbocycles. The van der Waals surface area contributed by atoms with Gasteiger partial charge in [0.15, 0.2) is 0 Å². The number of nitriles is 1. The molecule has 1 aromatic rings. The lowest BCUT2D eigenvalue weighted by Crippen LogP contribution is -2.53. The molecule has 0 bridgehead atoms. The molecule has 0 atom stereocenters. The topological polar surface area (TPSA) is 44.1 Å². The van der Waals surface area contributed by atoms with Crippen LogP contribution in [0, 0.1) is 11.3 Å². The molecule has 106 valence electrons. The van der Waals surface area contributed by atoms with Gasteiger partial charge < -0.3 is 4.90 Å². The zero-order chi connectivity index (χ0) is 14.8. The first-order chi connectivity index (χ1) is 9.50. The number of hydrogen-bond acceptors (Lipinski definition) is 2. The Hall–Kier alpha value is -1.24. The first-order valence-corrected chi connectivity index (χ1v) is 7.36. The van der Waals surface area contributed by atoms with Crippen molar-refractivity contribution in [3.05, 3.63) is 33.8 Å². The van der Waals surface area contributed by atoms with Crippen LogP contribution in [-0.2, 0) is 11.2 Å². The van der Waals surface area contributed by atoms with E-state index in [4.69, 9.17) is 23.2 Å². The summed E-state index contributed by atoms with van der Waals surface area (Å²) in [7, 11) is 1.71. The van der Waals surface area contributed by atoms with Crippen LogP contribution >= 0.6 is 23.2 Å². The second-order valence-electron chi connectivity index (χ2n) is 5.16. The van der Waals surface area contributed by atoms with Gasteiger partial charge in [0.05, 0.1) is 16.1 Å². The SMILES string of the molecule is CN(C(=O)CCc1cccc(Cl)c1Cl)C1(C#N)CCC1. The van der Waals surface area contributed by atoms with Gasteiger partial charge in [-0.15, -0.1) is 0 Å². The monoisotopic (exact) mass is 310 g/mol. The molecule has 0 N–H and O–H groups in total. The van der Waals surface area contributed by atoms with Crippen molar-refractivity contribution in [1.82, 2.24) is 4.90 Å². The molecule has 5 heteroatoms. The largest absolute Gasteiger partial charge is 0.327 e. The van der Waals surface area contributed by atoms with Crippen LogP contribution in [0.4, 0.5) is 0 Å². The molecule has 0 radical (unpaired) electrons. The fraction of sp³-hybridized carbons (Fsp3) is 0.467. The predicted octanol–water partition coefficient (Wildman–Crippen LogP) is 3.83. The number of carbonyl (C=O) groups excluding carboxylic acids is 1. The van der Waals surface area contributed by atoms with Gasteiger partial charge in [-0.25, -0.2) is 0 Å². The molecule has 0 heterocycles. The second kappa shape index (κ2) is 6.03. The Morgan fingerprint density at radius 2 is 2.15 bits per heavy atom. The number of halogens is 2. The zero-order valence-corrected chi connectivity index (χ0v) is 12.8. The van der Waals surface area contributed by atoms with Gasteiger partial charge in [-0.1, -0.05) is 35.3 Å². The highest BCUT2D eigenvalue weighted by molar-refractivity contribution is 6.42. The van der Waals surface area contributed by atoms with E-state index in [2.05, 4.69) is 6.07 Å². The summed E-state index contributed by atoms with van der Waals surface area (Å²) >= 11 is 12.1. The van der Waals surface area contributed by atoms with E-state index in [0.717, 1.165) is 24.8 Å². The molecule has 0 aliphatic heterocycles. The molecular formula is C15H16Cl2N2O. The minimum absolute atomic E-state index is 0.0257. The Labute approximate surface area is 129 Å².